The van der Waals surface area contributed by atoms with Crippen molar-refractivity contribution in [2.75, 3.05) is 4.43 Å². The predicted octanol–water partition coefficient (Wildman–Crippen LogP) is 0.308. The summed E-state index contributed by atoms with van der Waals surface area (Å²) in [6, 6.07) is 8.90. The van der Waals surface area contributed by atoms with Crippen molar-refractivity contribution in [3.05, 3.63) is 30.3 Å². The lowest BCUT2D eigenvalue weighted by Crippen LogP contribution is -2.59. The standard InChI is InChI=1S/C12H15IO5/c13-6-8-9(14)10(15)11(16)12(18-8)17-7-4-2-1-3-5-7/h1-5,8-12,14-16H,6H2/t8-,9-,10+,11-,12-/m1/s1. The molecule has 0 unspecified atom stereocenters. The summed E-state index contributed by atoms with van der Waals surface area (Å²) in [5, 5.41) is 29.2. The lowest BCUT2D eigenvalue weighted by atomic mass is 10.00. The topological polar surface area (TPSA) is 79.2 Å². The highest BCUT2D eigenvalue weighted by Crippen LogP contribution is 2.25. The second-order valence-electron chi connectivity index (χ2n) is 4.10. The average molecular weight is 366 g/mol. The second-order valence-corrected chi connectivity index (χ2v) is 4.98. The summed E-state index contributed by atoms with van der Waals surface area (Å²) in [6.45, 7) is 0. The van der Waals surface area contributed by atoms with Crippen molar-refractivity contribution in [3.63, 3.8) is 0 Å². The van der Waals surface area contributed by atoms with Crippen LogP contribution < -0.4 is 4.74 Å². The van der Waals surface area contributed by atoms with Gasteiger partial charge in [-0.15, -0.1) is 0 Å². The summed E-state index contributed by atoms with van der Waals surface area (Å²) in [6.07, 6.45) is -5.19. The van der Waals surface area contributed by atoms with Crippen molar-refractivity contribution in [2.45, 2.75) is 30.7 Å². The molecule has 100 valence electrons. The van der Waals surface area contributed by atoms with Crippen LogP contribution in [-0.4, -0.2) is 50.5 Å². The molecule has 1 aliphatic rings. The lowest BCUT2D eigenvalue weighted by Gasteiger charge is -2.39. The third kappa shape index (κ3) is 2.94. The quantitative estimate of drug-likeness (QED) is 0.530. The third-order valence-electron chi connectivity index (χ3n) is 2.82. The second kappa shape index (κ2) is 6.16. The van der Waals surface area contributed by atoms with Gasteiger partial charge in [0.05, 0.1) is 6.10 Å². The molecular formula is C12H15IO5. The molecule has 0 aliphatic carbocycles. The molecule has 1 fully saturated rings. The van der Waals surface area contributed by atoms with E-state index in [2.05, 4.69) is 0 Å². The molecule has 0 radical (unpaired) electrons. The number of benzene rings is 1. The summed E-state index contributed by atoms with van der Waals surface area (Å²) in [7, 11) is 0. The van der Waals surface area contributed by atoms with Gasteiger partial charge in [-0.1, -0.05) is 40.8 Å². The van der Waals surface area contributed by atoms with E-state index < -0.39 is 30.7 Å². The largest absolute Gasteiger partial charge is 0.462 e. The third-order valence-corrected chi connectivity index (χ3v) is 3.68. The molecule has 6 heteroatoms. The number of halogens is 1. The Balaban J connectivity index is 2.08. The molecule has 0 bridgehead atoms. The Bertz CT molecular complexity index is 372. The first kappa shape index (κ1) is 14.0. The summed E-state index contributed by atoms with van der Waals surface area (Å²) in [4.78, 5) is 0. The number of hydrogen-bond acceptors (Lipinski definition) is 5. The maximum atomic E-state index is 9.82. The van der Waals surface area contributed by atoms with E-state index >= 15 is 0 Å². The minimum Gasteiger partial charge on any atom is -0.462 e. The van der Waals surface area contributed by atoms with Crippen LogP contribution in [0.15, 0.2) is 30.3 Å². The van der Waals surface area contributed by atoms with E-state index in [1.165, 1.54) is 0 Å². The van der Waals surface area contributed by atoms with Crippen molar-refractivity contribution in [1.82, 2.24) is 0 Å². The maximum absolute atomic E-state index is 9.82. The number of para-hydroxylation sites is 1. The molecular weight excluding hydrogens is 351 g/mol. The van der Waals surface area contributed by atoms with Gasteiger partial charge < -0.3 is 24.8 Å². The number of ether oxygens (including phenoxy) is 2. The van der Waals surface area contributed by atoms with Crippen molar-refractivity contribution in [1.29, 1.82) is 0 Å². The molecule has 2 rings (SSSR count). The smallest absolute Gasteiger partial charge is 0.229 e. The normalized spacial score (nSPS) is 36.3. The van der Waals surface area contributed by atoms with Crippen molar-refractivity contribution < 1.29 is 24.8 Å². The summed E-state index contributed by atoms with van der Waals surface area (Å²) >= 11 is 2.05. The molecule has 1 heterocycles. The minimum atomic E-state index is -1.28. The molecule has 0 spiro atoms. The van der Waals surface area contributed by atoms with Gasteiger partial charge in [0.15, 0.2) is 0 Å². The van der Waals surface area contributed by atoms with Crippen LogP contribution in [0.25, 0.3) is 0 Å². The zero-order chi connectivity index (χ0) is 13.1. The van der Waals surface area contributed by atoms with Gasteiger partial charge in [-0.25, -0.2) is 0 Å². The Kier molecular flexibility index (Phi) is 4.79. The average Bonchev–Trinajstić information content (AvgIpc) is 2.40. The fourth-order valence-corrected chi connectivity index (χ4v) is 2.50. The Hall–Kier alpha value is -0.410. The predicted molar refractivity (Wildman–Crippen MR) is 72.6 cm³/mol. The molecule has 1 aromatic rings. The van der Waals surface area contributed by atoms with Crippen LogP contribution in [-0.2, 0) is 4.74 Å². The van der Waals surface area contributed by atoms with Crippen LogP contribution in [0.3, 0.4) is 0 Å². The van der Waals surface area contributed by atoms with Gasteiger partial charge in [0, 0.05) is 4.43 Å². The molecule has 0 aromatic heterocycles. The van der Waals surface area contributed by atoms with E-state index in [0.29, 0.717) is 10.2 Å². The van der Waals surface area contributed by atoms with Crippen LogP contribution in [0.1, 0.15) is 0 Å². The lowest BCUT2D eigenvalue weighted by molar-refractivity contribution is -0.266. The molecule has 1 aromatic carbocycles. The van der Waals surface area contributed by atoms with Crippen LogP contribution in [0.2, 0.25) is 0 Å². The highest BCUT2D eigenvalue weighted by Gasteiger charge is 2.44. The first-order chi connectivity index (χ1) is 8.63. The molecule has 3 N–H and O–H groups in total. The Morgan fingerprint density at radius 1 is 1.06 bits per heavy atom. The number of aliphatic hydroxyl groups is 3. The molecule has 1 saturated heterocycles. The van der Waals surface area contributed by atoms with Crippen molar-refractivity contribution >= 4 is 22.6 Å². The van der Waals surface area contributed by atoms with Gasteiger partial charge in [0.2, 0.25) is 6.29 Å². The van der Waals surface area contributed by atoms with E-state index in [9.17, 15) is 15.3 Å². The number of hydrogen-bond donors (Lipinski definition) is 3. The monoisotopic (exact) mass is 366 g/mol. The zero-order valence-electron chi connectivity index (χ0n) is 9.52. The van der Waals surface area contributed by atoms with E-state index in [1.54, 1.807) is 24.3 Å². The maximum Gasteiger partial charge on any atom is 0.229 e. The summed E-state index contributed by atoms with van der Waals surface area (Å²) in [5.41, 5.74) is 0. The van der Waals surface area contributed by atoms with E-state index in [-0.39, 0.29) is 0 Å². The Morgan fingerprint density at radius 2 is 1.72 bits per heavy atom. The van der Waals surface area contributed by atoms with Crippen LogP contribution in [0.4, 0.5) is 0 Å². The van der Waals surface area contributed by atoms with Gasteiger partial charge in [-0.05, 0) is 12.1 Å². The number of aliphatic hydroxyl groups excluding tert-OH is 3. The molecule has 0 saturated carbocycles. The van der Waals surface area contributed by atoms with Crippen LogP contribution in [0.5, 0.6) is 5.75 Å². The van der Waals surface area contributed by atoms with E-state index in [1.807, 2.05) is 28.7 Å². The van der Waals surface area contributed by atoms with Crippen LogP contribution >= 0.6 is 22.6 Å². The highest BCUT2D eigenvalue weighted by atomic mass is 127. The Labute approximate surface area is 118 Å². The summed E-state index contributed by atoms with van der Waals surface area (Å²) < 4.78 is 11.4. The molecule has 18 heavy (non-hydrogen) atoms. The molecule has 5 atom stereocenters. The van der Waals surface area contributed by atoms with Crippen molar-refractivity contribution in [2.24, 2.45) is 0 Å². The molecule has 5 nitrogen and oxygen atoms in total. The van der Waals surface area contributed by atoms with Crippen molar-refractivity contribution in [3.8, 4) is 5.75 Å². The molecule has 1 aliphatic heterocycles. The van der Waals surface area contributed by atoms with E-state index in [4.69, 9.17) is 9.47 Å². The summed E-state index contributed by atoms with van der Waals surface area (Å²) in [5.74, 6) is 0.539. The van der Waals surface area contributed by atoms with Gasteiger partial charge in [0.1, 0.15) is 24.1 Å². The first-order valence-electron chi connectivity index (χ1n) is 5.61. The Morgan fingerprint density at radius 3 is 2.33 bits per heavy atom. The van der Waals surface area contributed by atoms with Gasteiger partial charge >= 0.3 is 0 Å². The SMILES string of the molecule is O[C@@H]1[C@@H](O)[C@H](Oc2ccccc2)O[C@H](CI)[C@H]1O. The minimum absolute atomic E-state index is 0.497. The number of alkyl halides is 1. The fraction of sp³-hybridized carbons (Fsp3) is 0.500. The molecule has 0 amide bonds. The van der Waals surface area contributed by atoms with Gasteiger partial charge in [-0.3, -0.25) is 0 Å². The van der Waals surface area contributed by atoms with E-state index in [0.717, 1.165) is 0 Å². The number of rotatable bonds is 3. The highest BCUT2D eigenvalue weighted by molar-refractivity contribution is 14.1. The van der Waals surface area contributed by atoms with Gasteiger partial charge in [0.25, 0.3) is 0 Å². The van der Waals surface area contributed by atoms with Gasteiger partial charge in [-0.2, -0.15) is 0 Å². The zero-order valence-corrected chi connectivity index (χ0v) is 11.7. The first-order valence-corrected chi connectivity index (χ1v) is 7.13. The fourth-order valence-electron chi connectivity index (χ4n) is 1.77. The van der Waals surface area contributed by atoms with Crippen LogP contribution in [0, 0.1) is 0 Å².